The van der Waals surface area contributed by atoms with Gasteiger partial charge in [0.15, 0.2) is 0 Å². The van der Waals surface area contributed by atoms with E-state index in [2.05, 4.69) is 24.5 Å². The van der Waals surface area contributed by atoms with E-state index in [1.54, 1.807) is 24.3 Å². The van der Waals surface area contributed by atoms with Crippen LogP contribution in [0.1, 0.15) is 29.8 Å². The second-order valence-corrected chi connectivity index (χ2v) is 5.61. The van der Waals surface area contributed by atoms with Crippen molar-refractivity contribution in [3.05, 3.63) is 59.7 Å². The van der Waals surface area contributed by atoms with Gasteiger partial charge in [0.05, 0.1) is 0 Å². The molecule has 2 rings (SSSR count). The van der Waals surface area contributed by atoms with E-state index in [1.165, 1.54) is 5.56 Å². The highest BCUT2D eigenvalue weighted by Gasteiger charge is 2.03. The number of nitrogens with one attached hydrogen (secondary N) is 2. The predicted molar refractivity (Wildman–Crippen MR) is 89.5 cm³/mol. The lowest BCUT2D eigenvalue weighted by Gasteiger charge is -2.09. The molecule has 0 fully saturated rings. The first-order chi connectivity index (χ1) is 10.6. The van der Waals surface area contributed by atoms with E-state index in [0.29, 0.717) is 17.2 Å². The minimum Gasteiger partial charge on any atom is -0.308 e. The first kappa shape index (κ1) is 15.8. The van der Waals surface area contributed by atoms with E-state index in [9.17, 15) is 9.59 Å². The van der Waals surface area contributed by atoms with Crippen molar-refractivity contribution in [1.29, 1.82) is 0 Å². The Morgan fingerprint density at radius 1 is 0.955 bits per heavy atom. The number of aldehydes is 1. The average molecular weight is 296 g/mol. The summed E-state index contributed by atoms with van der Waals surface area (Å²) >= 11 is 0. The Hall–Kier alpha value is -2.62. The van der Waals surface area contributed by atoms with Crippen LogP contribution in [-0.4, -0.2) is 12.3 Å². The highest BCUT2D eigenvalue weighted by atomic mass is 16.2. The molecule has 0 atom stereocenters. The van der Waals surface area contributed by atoms with Crippen LogP contribution in [0.2, 0.25) is 0 Å². The Morgan fingerprint density at radius 3 is 1.91 bits per heavy atom. The molecule has 0 radical (unpaired) electrons. The van der Waals surface area contributed by atoms with E-state index < -0.39 is 0 Å². The summed E-state index contributed by atoms with van der Waals surface area (Å²) in [4.78, 5) is 22.5. The van der Waals surface area contributed by atoms with Crippen LogP contribution in [0.25, 0.3) is 0 Å². The average Bonchev–Trinajstić information content (AvgIpc) is 2.49. The number of hydrogen-bond acceptors (Lipinski definition) is 2. The quantitative estimate of drug-likeness (QED) is 0.806. The lowest BCUT2D eigenvalue weighted by Crippen LogP contribution is -2.19. The van der Waals surface area contributed by atoms with Gasteiger partial charge in [0, 0.05) is 16.9 Å². The van der Waals surface area contributed by atoms with Crippen molar-refractivity contribution in [2.45, 2.75) is 20.3 Å². The van der Waals surface area contributed by atoms with Crippen LogP contribution < -0.4 is 10.6 Å². The highest BCUT2D eigenvalue weighted by molar-refractivity contribution is 5.99. The molecule has 114 valence electrons. The molecule has 0 aliphatic rings. The first-order valence-corrected chi connectivity index (χ1v) is 7.29. The Kier molecular flexibility index (Phi) is 5.31. The van der Waals surface area contributed by atoms with E-state index in [1.807, 2.05) is 24.3 Å². The Morgan fingerprint density at radius 2 is 1.45 bits per heavy atom. The van der Waals surface area contributed by atoms with Crippen molar-refractivity contribution in [3.63, 3.8) is 0 Å². The summed E-state index contributed by atoms with van der Waals surface area (Å²) in [5.41, 5.74) is 3.21. The van der Waals surface area contributed by atoms with Gasteiger partial charge in [0.1, 0.15) is 6.29 Å². The molecule has 2 amide bonds. The highest BCUT2D eigenvalue weighted by Crippen LogP contribution is 2.14. The number of anilines is 2. The molecule has 0 saturated carbocycles. The molecule has 0 heterocycles. The Balaban J connectivity index is 1.92. The van der Waals surface area contributed by atoms with E-state index in [0.717, 1.165) is 18.4 Å². The molecule has 4 nitrogen and oxygen atoms in total. The summed E-state index contributed by atoms with van der Waals surface area (Å²) in [6.07, 6.45) is 1.79. The van der Waals surface area contributed by atoms with Crippen LogP contribution in [0.4, 0.5) is 16.2 Å². The van der Waals surface area contributed by atoms with Gasteiger partial charge in [-0.1, -0.05) is 26.0 Å². The minimum absolute atomic E-state index is 0.310. The normalized spacial score (nSPS) is 10.3. The zero-order valence-corrected chi connectivity index (χ0v) is 12.8. The summed E-state index contributed by atoms with van der Waals surface area (Å²) in [5.74, 6) is 0.608. The lowest BCUT2D eigenvalue weighted by atomic mass is 10.0. The molecular formula is C18H20N2O2. The third kappa shape index (κ3) is 4.74. The molecule has 4 heteroatoms. The molecule has 2 aromatic rings. The molecule has 0 spiro atoms. The lowest BCUT2D eigenvalue weighted by molar-refractivity contribution is 0.112. The zero-order valence-electron chi connectivity index (χ0n) is 12.8. The first-order valence-electron chi connectivity index (χ1n) is 7.29. The number of benzene rings is 2. The van der Waals surface area contributed by atoms with Crippen molar-refractivity contribution in [2.75, 3.05) is 10.6 Å². The topological polar surface area (TPSA) is 58.2 Å². The van der Waals surface area contributed by atoms with Gasteiger partial charge in [-0.2, -0.15) is 0 Å². The third-order valence-electron chi connectivity index (χ3n) is 3.16. The number of urea groups is 1. The van der Waals surface area contributed by atoms with Gasteiger partial charge in [0.25, 0.3) is 0 Å². The van der Waals surface area contributed by atoms with Gasteiger partial charge in [-0.05, 0) is 54.3 Å². The maximum Gasteiger partial charge on any atom is 0.323 e. The Bertz CT molecular complexity index is 631. The monoisotopic (exact) mass is 296 g/mol. The maximum atomic E-state index is 11.9. The molecule has 2 aromatic carbocycles. The van der Waals surface area contributed by atoms with E-state index in [4.69, 9.17) is 0 Å². The fraction of sp³-hybridized carbons (Fsp3) is 0.222. The molecule has 0 saturated heterocycles. The third-order valence-corrected chi connectivity index (χ3v) is 3.16. The molecule has 0 unspecified atom stereocenters. The largest absolute Gasteiger partial charge is 0.323 e. The Labute approximate surface area is 130 Å². The van der Waals surface area contributed by atoms with Crippen LogP contribution in [0.5, 0.6) is 0 Å². The smallest absolute Gasteiger partial charge is 0.308 e. The molecule has 2 N–H and O–H groups in total. The standard InChI is InChI=1S/C18H20N2O2/c1-13(2)11-14-3-7-16(8-4-14)19-18(22)20-17-9-5-15(12-21)6-10-17/h3-10,12-13H,11H2,1-2H3,(H2,19,20,22). The van der Waals surface area contributed by atoms with Crippen molar-refractivity contribution in [1.82, 2.24) is 0 Å². The van der Waals surface area contributed by atoms with Crippen LogP contribution in [0, 0.1) is 5.92 Å². The maximum absolute atomic E-state index is 11.9. The van der Waals surface area contributed by atoms with Crippen LogP contribution in [0.15, 0.2) is 48.5 Å². The van der Waals surface area contributed by atoms with Gasteiger partial charge in [-0.3, -0.25) is 4.79 Å². The molecule has 0 aromatic heterocycles. The van der Waals surface area contributed by atoms with Gasteiger partial charge >= 0.3 is 6.03 Å². The fourth-order valence-corrected chi connectivity index (χ4v) is 2.13. The van der Waals surface area contributed by atoms with Gasteiger partial charge < -0.3 is 10.6 Å². The van der Waals surface area contributed by atoms with Crippen molar-refractivity contribution < 1.29 is 9.59 Å². The molecule has 0 bridgehead atoms. The zero-order chi connectivity index (χ0) is 15.9. The van der Waals surface area contributed by atoms with Gasteiger partial charge in [-0.15, -0.1) is 0 Å². The second-order valence-electron chi connectivity index (χ2n) is 5.61. The van der Waals surface area contributed by atoms with Crippen molar-refractivity contribution >= 4 is 23.7 Å². The van der Waals surface area contributed by atoms with Crippen LogP contribution in [-0.2, 0) is 6.42 Å². The fourth-order valence-electron chi connectivity index (χ4n) is 2.13. The molecule has 0 aliphatic heterocycles. The number of hydrogen-bond donors (Lipinski definition) is 2. The summed E-state index contributed by atoms with van der Waals surface area (Å²) in [5, 5.41) is 5.50. The summed E-state index contributed by atoms with van der Waals surface area (Å²) in [7, 11) is 0. The minimum atomic E-state index is -0.310. The molecule has 22 heavy (non-hydrogen) atoms. The van der Waals surface area contributed by atoms with Gasteiger partial charge in [-0.25, -0.2) is 4.79 Å². The molecular weight excluding hydrogens is 276 g/mol. The number of carbonyl (C=O) groups excluding carboxylic acids is 2. The van der Waals surface area contributed by atoms with Gasteiger partial charge in [0.2, 0.25) is 0 Å². The van der Waals surface area contributed by atoms with Crippen LogP contribution >= 0.6 is 0 Å². The van der Waals surface area contributed by atoms with E-state index >= 15 is 0 Å². The number of rotatable bonds is 5. The SMILES string of the molecule is CC(C)Cc1ccc(NC(=O)Nc2ccc(C=O)cc2)cc1. The van der Waals surface area contributed by atoms with Crippen molar-refractivity contribution in [3.8, 4) is 0 Å². The molecule has 0 aliphatic carbocycles. The number of amides is 2. The predicted octanol–water partition coefficient (Wildman–Crippen LogP) is 4.34. The summed E-state index contributed by atoms with van der Waals surface area (Å²) in [6.45, 7) is 4.35. The van der Waals surface area contributed by atoms with Crippen LogP contribution in [0.3, 0.4) is 0 Å². The second kappa shape index (κ2) is 7.41. The summed E-state index contributed by atoms with van der Waals surface area (Å²) < 4.78 is 0. The van der Waals surface area contributed by atoms with E-state index in [-0.39, 0.29) is 6.03 Å². The van der Waals surface area contributed by atoms with Crippen molar-refractivity contribution in [2.24, 2.45) is 5.92 Å². The number of carbonyl (C=O) groups is 2. The summed E-state index contributed by atoms with van der Waals surface area (Å²) in [6, 6.07) is 14.2.